The highest BCUT2D eigenvalue weighted by Gasteiger charge is 2.03. The third kappa shape index (κ3) is 11.3. The number of carbonyl (C=O) groups is 1. The van der Waals surface area contributed by atoms with Crippen molar-refractivity contribution in [1.29, 1.82) is 0 Å². The third-order valence-electron chi connectivity index (χ3n) is 4.56. The van der Waals surface area contributed by atoms with E-state index in [1.165, 1.54) is 70.6 Å². The molecule has 0 aliphatic rings. The Morgan fingerprint density at radius 2 is 1.28 bits per heavy atom. The number of ketones is 1. The summed E-state index contributed by atoms with van der Waals surface area (Å²) in [5, 5.41) is 0. The van der Waals surface area contributed by atoms with Crippen LogP contribution in [0, 0.1) is 0 Å². The van der Waals surface area contributed by atoms with E-state index in [1.807, 2.05) is 12.1 Å². The van der Waals surface area contributed by atoms with Gasteiger partial charge in [0, 0.05) is 5.56 Å². The van der Waals surface area contributed by atoms with Crippen LogP contribution in [0.4, 0.5) is 0 Å². The summed E-state index contributed by atoms with van der Waals surface area (Å²) in [4.78, 5) is 11.4. The van der Waals surface area contributed by atoms with Gasteiger partial charge in [-0.3, -0.25) is 4.79 Å². The van der Waals surface area contributed by atoms with Crippen LogP contribution >= 0.6 is 11.6 Å². The van der Waals surface area contributed by atoms with Gasteiger partial charge in [0.2, 0.25) is 0 Å². The van der Waals surface area contributed by atoms with Crippen LogP contribution in [0.5, 0.6) is 5.75 Å². The maximum Gasteiger partial charge on any atom is 0.177 e. The SMILES string of the molecule is CCCCCCCCCCCCCCOc1ccc(C(=O)CCl)cc1. The van der Waals surface area contributed by atoms with Crippen molar-refractivity contribution in [1.82, 2.24) is 0 Å². The highest BCUT2D eigenvalue weighted by molar-refractivity contribution is 6.30. The van der Waals surface area contributed by atoms with E-state index in [0.29, 0.717) is 5.56 Å². The Hall–Kier alpha value is -1.02. The molecule has 0 bridgehead atoms. The maximum absolute atomic E-state index is 11.4. The molecule has 0 radical (unpaired) electrons. The van der Waals surface area contributed by atoms with Gasteiger partial charge in [-0.1, -0.05) is 77.6 Å². The van der Waals surface area contributed by atoms with Crippen molar-refractivity contribution >= 4 is 17.4 Å². The van der Waals surface area contributed by atoms with Crippen LogP contribution in [0.1, 0.15) is 94.3 Å². The minimum atomic E-state index is -0.0471. The number of halogens is 1. The minimum absolute atomic E-state index is 0.0268. The zero-order valence-electron chi connectivity index (χ0n) is 15.9. The molecule has 0 amide bonds. The van der Waals surface area contributed by atoms with Gasteiger partial charge in [-0.2, -0.15) is 0 Å². The second-order valence-corrected chi connectivity index (χ2v) is 7.09. The normalized spacial score (nSPS) is 10.8. The topological polar surface area (TPSA) is 26.3 Å². The van der Waals surface area contributed by atoms with Crippen LogP contribution in [0.3, 0.4) is 0 Å². The minimum Gasteiger partial charge on any atom is -0.494 e. The van der Waals surface area contributed by atoms with Gasteiger partial charge in [-0.25, -0.2) is 0 Å². The zero-order chi connectivity index (χ0) is 18.2. The second-order valence-electron chi connectivity index (χ2n) is 6.82. The van der Waals surface area contributed by atoms with Crippen molar-refractivity contribution in [2.75, 3.05) is 12.5 Å². The molecule has 0 spiro atoms. The maximum atomic E-state index is 11.4. The Kier molecular flexibility index (Phi) is 13.4. The Bertz CT molecular complexity index is 442. The first-order chi connectivity index (χ1) is 12.3. The van der Waals surface area contributed by atoms with Crippen LogP contribution < -0.4 is 4.74 Å². The standard InChI is InChI=1S/C22H35ClO2/c1-2-3-4-5-6-7-8-9-10-11-12-13-18-25-21-16-14-20(15-17-21)22(24)19-23/h14-17H,2-13,18-19H2,1H3. The number of ether oxygens (including phenoxy) is 1. The van der Waals surface area contributed by atoms with Crippen molar-refractivity contribution in [3.05, 3.63) is 29.8 Å². The molecule has 0 unspecified atom stereocenters. The molecule has 142 valence electrons. The molecule has 0 saturated carbocycles. The first-order valence-corrected chi connectivity index (χ1v) is 10.6. The summed E-state index contributed by atoms with van der Waals surface area (Å²) in [5.41, 5.74) is 0.646. The molecule has 3 heteroatoms. The van der Waals surface area contributed by atoms with Crippen LogP contribution in [0.15, 0.2) is 24.3 Å². The van der Waals surface area contributed by atoms with Crippen molar-refractivity contribution in [3.8, 4) is 5.75 Å². The first kappa shape index (κ1) is 22.0. The van der Waals surface area contributed by atoms with E-state index >= 15 is 0 Å². The van der Waals surface area contributed by atoms with Gasteiger partial charge < -0.3 is 4.74 Å². The Balaban J connectivity index is 1.91. The fraction of sp³-hybridized carbons (Fsp3) is 0.682. The molecular weight excluding hydrogens is 332 g/mol. The number of carbonyl (C=O) groups excluding carboxylic acids is 1. The molecule has 0 aromatic heterocycles. The van der Waals surface area contributed by atoms with E-state index in [1.54, 1.807) is 12.1 Å². The largest absolute Gasteiger partial charge is 0.494 e. The molecule has 0 fully saturated rings. The average molecular weight is 367 g/mol. The second kappa shape index (κ2) is 15.3. The zero-order valence-corrected chi connectivity index (χ0v) is 16.7. The summed E-state index contributed by atoms with van der Waals surface area (Å²) in [6.07, 6.45) is 16.2. The van der Waals surface area contributed by atoms with Gasteiger partial charge in [0.05, 0.1) is 12.5 Å². The average Bonchev–Trinajstić information content (AvgIpc) is 2.65. The fourth-order valence-electron chi connectivity index (χ4n) is 2.95. The molecule has 0 aliphatic carbocycles. The lowest BCUT2D eigenvalue weighted by Gasteiger charge is -2.07. The fourth-order valence-corrected chi connectivity index (χ4v) is 3.10. The molecule has 0 N–H and O–H groups in total. The van der Waals surface area contributed by atoms with Crippen molar-refractivity contribution in [3.63, 3.8) is 0 Å². The molecule has 0 atom stereocenters. The van der Waals surface area contributed by atoms with Crippen molar-refractivity contribution in [2.24, 2.45) is 0 Å². The molecule has 0 aliphatic heterocycles. The van der Waals surface area contributed by atoms with E-state index < -0.39 is 0 Å². The van der Waals surface area contributed by atoms with E-state index in [-0.39, 0.29) is 11.7 Å². The lowest BCUT2D eigenvalue weighted by molar-refractivity contribution is 0.102. The summed E-state index contributed by atoms with van der Waals surface area (Å²) in [6.45, 7) is 3.02. The first-order valence-electron chi connectivity index (χ1n) is 10.1. The van der Waals surface area contributed by atoms with Gasteiger partial charge in [0.25, 0.3) is 0 Å². The number of rotatable bonds is 16. The van der Waals surface area contributed by atoms with Crippen molar-refractivity contribution in [2.45, 2.75) is 84.0 Å². The smallest absolute Gasteiger partial charge is 0.177 e. The lowest BCUT2D eigenvalue weighted by Crippen LogP contribution is -2.01. The van der Waals surface area contributed by atoms with E-state index in [9.17, 15) is 4.79 Å². The molecule has 1 aromatic rings. The number of unbranched alkanes of at least 4 members (excludes halogenated alkanes) is 11. The number of alkyl halides is 1. The molecule has 25 heavy (non-hydrogen) atoms. The van der Waals surface area contributed by atoms with Crippen LogP contribution in [0.2, 0.25) is 0 Å². The molecule has 0 heterocycles. The Morgan fingerprint density at radius 3 is 1.76 bits per heavy atom. The third-order valence-corrected chi connectivity index (χ3v) is 4.81. The Labute approximate surface area is 159 Å². The molecule has 0 saturated heterocycles. The Morgan fingerprint density at radius 1 is 0.800 bits per heavy atom. The lowest BCUT2D eigenvalue weighted by atomic mass is 10.1. The highest BCUT2D eigenvalue weighted by atomic mass is 35.5. The summed E-state index contributed by atoms with van der Waals surface area (Å²) in [5.74, 6) is 0.808. The highest BCUT2D eigenvalue weighted by Crippen LogP contribution is 2.15. The van der Waals surface area contributed by atoms with E-state index in [0.717, 1.165) is 18.8 Å². The molecule has 2 nitrogen and oxygen atoms in total. The van der Waals surface area contributed by atoms with Gasteiger partial charge in [0.1, 0.15) is 5.75 Å². The van der Waals surface area contributed by atoms with Gasteiger partial charge in [0.15, 0.2) is 5.78 Å². The van der Waals surface area contributed by atoms with Gasteiger partial charge >= 0.3 is 0 Å². The summed E-state index contributed by atoms with van der Waals surface area (Å²) in [7, 11) is 0. The number of hydrogen-bond donors (Lipinski definition) is 0. The van der Waals surface area contributed by atoms with E-state index in [4.69, 9.17) is 16.3 Å². The predicted molar refractivity (Wildman–Crippen MR) is 108 cm³/mol. The molecule has 1 rings (SSSR count). The molecule has 1 aromatic carbocycles. The van der Waals surface area contributed by atoms with Crippen LogP contribution in [0.25, 0.3) is 0 Å². The van der Waals surface area contributed by atoms with Crippen LogP contribution in [-0.2, 0) is 0 Å². The number of Topliss-reactive ketones (excluding diaryl/α,β-unsaturated/α-hetero) is 1. The van der Waals surface area contributed by atoms with Gasteiger partial charge in [-0.05, 0) is 30.7 Å². The van der Waals surface area contributed by atoms with Gasteiger partial charge in [-0.15, -0.1) is 11.6 Å². The molecular formula is C22H35ClO2. The number of benzene rings is 1. The summed E-state index contributed by atoms with van der Waals surface area (Å²) < 4.78 is 5.72. The van der Waals surface area contributed by atoms with Crippen molar-refractivity contribution < 1.29 is 9.53 Å². The van der Waals surface area contributed by atoms with E-state index in [2.05, 4.69) is 6.92 Å². The monoisotopic (exact) mass is 366 g/mol. The summed E-state index contributed by atoms with van der Waals surface area (Å²) >= 11 is 5.54. The predicted octanol–water partition coefficient (Wildman–Crippen LogP) is 7.19. The summed E-state index contributed by atoms with van der Waals surface area (Å²) in [6, 6.07) is 7.26. The number of hydrogen-bond acceptors (Lipinski definition) is 2. The van der Waals surface area contributed by atoms with Crippen LogP contribution in [-0.4, -0.2) is 18.3 Å². The quantitative estimate of drug-likeness (QED) is 0.176.